The lowest BCUT2D eigenvalue weighted by atomic mass is 10.2. The summed E-state index contributed by atoms with van der Waals surface area (Å²) < 4.78 is 38.5. The van der Waals surface area contributed by atoms with E-state index in [0.29, 0.717) is 17.1 Å². The van der Waals surface area contributed by atoms with Crippen molar-refractivity contribution in [3.63, 3.8) is 0 Å². The maximum absolute atomic E-state index is 12.9. The first kappa shape index (κ1) is 26.3. The summed E-state index contributed by atoms with van der Waals surface area (Å²) in [6, 6.07) is 10.5. The Morgan fingerprint density at radius 3 is 2.27 bits per heavy atom. The van der Waals surface area contributed by atoms with E-state index in [1.165, 1.54) is 37.4 Å². The van der Waals surface area contributed by atoms with Gasteiger partial charge in [0.05, 0.1) is 7.11 Å². The van der Waals surface area contributed by atoms with Crippen LogP contribution in [0.25, 0.3) is 0 Å². The maximum Gasteiger partial charge on any atom is 0.407 e. The molecule has 2 aromatic rings. The monoisotopic (exact) mass is 497 g/mol. The van der Waals surface area contributed by atoms with Crippen LogP contribution < -0.4 is 20.1 Å². The number of halogens is 1. The lowest BCUT2D eigenvalue weighted by Gasteiger charge is -2.19. The van der Waals surface area contributed by atoms with Gasteiger partial charge in [-0.1, -0.05) is 11.6 Å². The van der Waals surface area contributed by atoms with Crippen molar-refractivity contribution < 1.29 is 27.5 Å². The Morgan fingerprint density at radius 2 is 1.67 bits per heavy atom. The number of rotatable bonds is 9. The Hall–Kier alpha value is -2.98. The van der Waals surface area contributed by atoms with E-state index >= 15 is 0 Å². The Bertz CT molecular complexity index is 1080. The third-order valence-corrected chi connectivity index (χ3v) is 5.74. The molecule has 3 N–H and O–H groups in total. The van der Waals surface area contributed by atoms with E-state index in [0.717, 1.165) is 0 Å². The van der Waals surface area contributed by atoms with Crippen LogP contribution in [0.1, 0.15) is 33.6 Å². The minimum atomic E-state index is -4.00. The third-order valence-electron chi connectivity index (χ3n) is 4.08. The first-order chi connectivity index (χ1) is 15.4. The van der Waals surface area contributed by atoms with Gasteiger partial charge in [0.1, 0.15) is 16.2 Å². The van der Waals surface area contributed by atoms with Crippen LogP contribution in [-0.4, -0.2) is 39.7 Å². The highest BCUT2D eigenvalue weighted by atomic mass is 35.5. The molecular weight excluding hydrogens is 470 g/mol. The highest BCUT2D eigenvalue weighted by molar-refractivity contribution is 7.92. The summed E-state index contributed by atoms with van der Waals surface area (Å²) >= 11 is 5.84. The summed E-state index contributed by atoms with van der Waals surface area (Å²) in [5.74, 6) is -0.212. The van der Waals surface area contributed by atoms with E-state index in [-0.39, 0.29) is 35.2 Å². The quantitative estimate of drug-likeness (QED) is 0.441. The fourth-order valence-corrected chi connectivity index (χ4v) is 4.05. The first-order valence-corrected chi connectivity index (χ1v) is 12.0. The molecule has 33 heavy (non-hydrogen) atoms. The molecule has 0 aromatic heterocycles. The topological polar surface area (TPSA) is 123 Å². The Labute approximate surface area is 198 Å². The van der Waals surface area contributed by atoms with E-state index in [1.54, 1.807) is 32.9 Å². The average molecular weight is 498 g/mol. The standard InChI is InChI=1S/C22H28ClN3O6S/c1-22(2,3)32-21(28)24-13-5-6-20(27)25-17-11-12-18(31-4)19(14-17)33(29,30)26-16-9-7-15(23)8-10-16/h7-12,14,26H,5-6,13H2,1-4H3,(H,24,28)(H,25,27). The Morgan fingerprint density at radius 1 is 1.03 bits per heavy atom. The molecule has 11 heteroatoms. The van der Waals surface area contributed by atoms with Gasteiger partial charge in [-0.15, -0.1) is 0 Å². The summed E-state index contributed by atoms with van der Waals surface area (Å²) in [5.41, 5.74) is 0.0155. The predicted octanol–water partition coefficient (Wildman–Crippen LogP) is 4.39. The molecule has 0 heterocycles. The van der Waals surface area contributed by atoms with Gasteiger partial charge in [0.2, 0.25) is 5.91 Å². The highest BCUT2D eigenvalue weighted by Crippen LogP contribution is 2.29. The van der Waals surface area contributed by atoms with Gasteiger partial charge in [-0.3, -0.25) is 9.52 Å². The van der Waals surface area contributed by atoms with E-state index < -0.39 is 21.7 Å². The molecule has 0 aliphatic carbocycles. The fraction of sp³-hybridized carbons (Fsp3) is 0.364. The Kier molecular flexibility index (Phi) is 8.95. The maximum atomic E-state index is 12.9. The molecule has 9 nitrogen and oxygen atoms in total. The van der Waals surface area contributed by atoms with E-state index in [2.05, 4.69) is 15.4 Å². The van der Waals surface area contributed by atoms with Crippen molar-refractivity contribution in [1.29, 1.82) is 0 Å². The number of alkyl carbamates (subject to hydrolysis) is 1. The van der Waals surface area contributed by atoms with Gasteiger partial charge in [0.15, 0.2) is 0 Å². The number of carbonyl (C=O) groups excluding carboxylic acids is 2. The lowest BCUT2D eigenvalue weighted by molar-refractivity contribution is -0.116. The van der Waals surface area contributed by atoms with E-state index in [4.69, 9.17) is 21.1 Å². The summed E-state index contributed by atoms with van der Waals surface area (Å²) in [6.07, 6.45) is -0.0571. The van der Waals surface area contributed by atoms with Crippen LogP contribution in [0.5, 0.6) is 5.75 Å². The van der Waals surface area contributed by atoms with Crippen LogP contribution in [0.15, 0.2) is 47.4 Å². The molecule has 0 saturated carbocycles. The van der Waals surface area contributed by atoms with E-state index in [1.807, 2.05) is 0 Å². The average Bonchev–Trinajstić information content (AvgIpc) is 2.71. The van der Waals surface area contributed by atoms with E-state index in [9.17, 15) is 18.0 Å². The first-order valence-electron chi connectivity index (χ1n) is 10.1. The van der Waals surface area contributed by atoms with Gasteiger partial charge in [-0.05, 0) is 69.7 Å². The van der Waals surface area contributed by atoms with Gasteiger partial charge < -0.3 is 20.1 Å². The Balaban J connectivity index is 2.00. The number of ether oxygens (including phenoxy) is 2. The second-order valence-corrected chi connectivity index (χ2v) is 10.1. The SMILES string of the molecule is COc1ccc(NC(=O)CCCNC(=O)OC(C)(C)C)cc1S(=O)(=O)Nc1ccc(Cl)cc1. The van der Waals surface area contributed by atoms with Crippen molar-refractivity contribution in [3.05, 3.63) is 47.5 Å². The molecule has 2 rings (SSSR count). The zero-order chi connectivity index (χ0) is 24.6. The molecule has 0 spiro atoms. The van der Waals surface area contributed by atoms with Crippen LogP contribution in [-0.2, 0) is 19.6 Å². The number of nitrogens with one attached hydrogen (secondary N) is 3. The predicted molar refractivity (Wildman–Crippen MR) is 127 cm³/mol. The normalized spacial score (nSPS) is 11.4. The molecular formula is C22H28ClN3O6S. The van der Waals surface area contributed by atoms with Gasteiger partial charge in [-0.25, -0.2) is 13.2 Å². The number of sulfonamides is 1. The second kappa shape index (κ2) is 11.2. The van der Waals surface area contributed by atoms with Crippen LogP contribution >= 0.6 is 11.6 Å². The number of benzene rings is 2. The van der Waals surface area contributed by atoms with Crippen LogP contribution in [0, 0.1) is 0 Å². The summed E-state index contributed by atoms with van der Waals surface area (Å²) in [7, 11) is -2.65. The van der Waals surface area contributed by atoms with Crippen molar-refractivity contribution in [2.24, 2.45) is 0 Å². The van der Waals surface area contributed by atoms with Crippen molar-refractivity contribution in [2.45, 2.75) is 44.1 Å². The van der Waals surface area contributed by atoms with Crippen molar-refractivity contribution >= 4 is 45.0 Å². The smallest absolute Gasteiger partial charge is 0.407 e. The highest BCUT2D eigenvalue weighted by Gasteiger charge is 2.21. The number of methoxy groups -OCH3 is 1. The van der Waals surface area contributed by atoms with Gasteiger partial charge in [-0.2, -0.15) is 0 Å². The number of anilines is 2. The minimum Gasteiger partial charge on any atom is -0.495 e. The zero-order valence-electron chi connectivity index (χ0n) is 18.9. The lowest BCUT2D eigenvalue weighted by Crippen LogP contribution is -2.33. The molecule has 0 unspecified atom stereocenters. The summed E-state index contributed by atoms with van der Waals surface area (Å²) in [4.78, 5) is 23.7. The minimum absolute atomic E-state index is 0.118. The number of amides is 2. The molecule has 180 valence electrons. The fourth-order valence-electron chi connectivity index (χ4n) is 2.67. The molecule has 0 aliphatic heterocycles. The van der Waals surface area contributed by atoms with Crippen molar-refractivity contribution in [2.75, 3.05) is 23.7 Å². The van der Waals surface area contributed by atoms with Gasteiger partial charge >= 0.3 is 6.09 Å². The molecule has 0 fully saturated rings. The van der Waals surface area contributed by atoms with Crippen LogP contribution in [0.3, 0.4) is 0 Å². The number of hydrogen-bond donors (Lipinski definition) is 3. The number of hydrogen-bond acceptors (Lipinski definition) is 6. The second-order valence-electron chi connectivity index (χ2n) is 8.06. The van der Waals surface area contributed by atoms with Crippen molar-refractivity contribution in [1.82, 2.24) is 5.32 Å². The largest absolute Gasteiger partial charge is 0.495 e. The van der Waals surface area contributed by atoms with Crippen LogP contribution in [0.4, 0.5) is 16.2 Å². The third kappa shape index (κ3) is 8.82. The van der Waals surface area contributed by atoms with Gasteiger partial charge in [0, 0.05) is 29.4 Å². The van der Waals surface area contributed by atoms with Crippen LogP contribution in [0.2, 0.25) is 5.02 Å². The summed E-state index contributed by atoms with van der Waals surface area (Å²) in [6.45, 7) is 5.53. The van der Waals surface area contributed by atoms with Crippen molar-refractivity contribution in [3.8, 4) is 5.75 Å². The molecule has 0 radical (unpaired) electrons. The van der Waals surface area contributed by atoms with Gasteiger partial charge in [0.25, 0.3) is 10.0 Å². The molecule has 2 amide bonds. The molecule has 0 atom stereocenters. The molecule has 0 aliphatic rings. The molecule has 2 aromatic carbocycles. The zero-order valence-corrected chi connectivity index (χ0v) is 20.5. The molecule has 0 bridgehead atoms. The summed E-state index contributed by atoms with van der Waals surface area (Å²) in [5, 5.41) is 5.70. The molecule has 0 saturated heterocycles. The number of carbonyl (C=O) groups is 2.